The molecule has 3 rings (SSSR count). The summed E-state index contributed by atoms with van der Waals surface area (Å²) < 4.78 is 39.6. The Morgan fingerprint density at radius 1 is 1.04 bits per heavy atom. The topological polar surface area (TPSA) is 97.9 Å². The van der Waals surface area contributed by atoms with E-state index in [0.717, 1.165) is 0 Å². The van der Waals surface area contributed by atoms with Gasteiger partial charge in [0.1, 0.15) is 17.0 Å². The average Bonchev–Trinajstić information content (AvgIpc) is 3.17. The van der Waals surface area contributed by atoms with Gasteiger partial charge in [0.15, 0.2) is 0 Å². The predicted molar refractivity (Wildman–Crippen MR) is 101 cm³/mol. The van der Waals surface area contributed by atoms with Gasteiger partial charge >= 0.3 is 0 Å². The highest BCUT2D eigenvalue weighted by Gasteiger charge is 2.22. The molecule has 0 spiro atoms. The van der Waals surface area contributed by atoms with E-state index in [-0.39, 0.29) is 16.7 Å². The fourth-order valence-corrected chi connectivity index (χ4v) is 3.37. The van der Waals surface area contributed by atoms with Gasteiger partial charge in [-0.1, -0.05) is 12.1 Å². The van der Waals surface area contributed by atoms with E-state index >= 15 is 0 Å². The van der Waals surface area contributed by atoms with Crippen LogP contribution in [0.5, 0.6) is 5.75 Å². The average molecular weight is 386 g/mol. The van der Waals surface area contributed by atoms with Crippen LogP contribution in [0.4, 0.5) is 0 Å². The minimum absolute atomic E-state index is 0.00645. The van der Waals surface area contributed by atoms with Crippen LogP contribution in [0.3, 0.4) is 0 Å². The summed E-state index contributed by atoms with van der Waals surface area (Å²) in [6.07, 6.45) is 1.22. The van der Waals surface area contributed by atoms with E-state index in [1.54, 1.807) is 63.7 Å². The van der Waals surface area contributed by atoms with Gasteiger partial charge in [-0.3, -0.25) is 0 Å². The van der Waals surface area contributed by atoms with Gasteiger partial charge in [0.2, 0.25) is 11.8 Å². The van der Waals surface area contributed by atoms with E-state index in [1.807, 2.05) is 0 Å². The number of nitrogens with zero attached hydrogens (tertiary/aromatic N) is 4. The van der Waals surface area contributed by atoms with Crippen LogP contribution in [-0.2, 0) is 10.0 Å². The Labute approximate surface area is 157 Å². The van der Waals surface area contributed by atoms with E-state index in [9.17, 15) is 8.42 Å². The van der Waals surface area contributed by atoms with Crippen molar-refractivity contribution in [2.24, 2.45) is 4.40 Å². The number of hydrogen-bond donors (Lipinski definition) is 0. The van der Waals surface area contributed by atoms with Gasteiger partial charge in [-0.2, -0.15) is 8.42 Å². The van der Waals surface area contributed by atoms with Gasteiger partial charge in [-0.25, -0.2) is 0 Å². The third-order valence-corrected chi connectivity index (χ3v) is 4.86. The van der Waals surface area contributed by atoms with Crippen molar-refractivity contribution in [2.75, 3.05) is 21.2 Å². The van der Waals surface area contributed by atoms with Crippen molar-refractivity contribution in [3.05, 3.63) is 48.5 Å². The third kappa shape index (κ3) is 4.14. The summed E-state index contributed by atoms with van der Waals surface area (Å²) in [5, 5.41) is 8.02. The summed E-state index contributed by atoms with van der Waals surface area (Å²) in [7, 11) is 1.03. The largest absolute Gasteiger partial charge is 0.497 e. The Kier molecular flexibility index (Phi) is 5.22. The number of rotatable bonds is 6. The van der Waals surface area contributed by atoms with Crippen molar-refractivity contribution < 1.29 is 17.6 Å². The van der Waals surface area contributed by atoms with Crippen LogP contribution in [0.15, 0.2) is 62.2 Å². The van der Waals surface area contributed by atoms with Crippen molar-refractivity contribution in [3.63, 3.8) is 0 Å². The molecule has 0 aliphatic heterocycles. The third-order valence-electron chi connectivity index (χ3n) is 3.57. The fourth-order valence-electron chi connectivity index (χ4n) is 2.26. The van der Waals surface area contributed by atoms with Crippen molar-refractivity contribution >= 4 is 16.4 Å². The summed E-state index contributed by atoms with van der Waals surface area (Å²) in [6, 6.07) is 13.5. The van der Waals surface area contributed by atoms with Crippen molar-refractivity contribution in [1.82, 2.24) is 15.1 Å². The molecule has 0 aliphatic carbocycles. The van der Waals surface area contributed by atoms with Crippen molar-refractivity contribution in [2.45, 2.75) is 4.90 Å². The van der Waals surface area contributed by atoms with E-state index in [1.165, 1.54) is 17.3 Å². The van der Waals surface area contributed by atoms with E-state index in [2.05, 4.69) is 14.6 Å². The SMILES string of the molecule is COc1ccc(-c2nnc(-c3ccccc3S(=O)(=O)N=CN(C)C)o2)cc1. The van der Waals surface area contributed by atoms with Crippen LogP contribution in [-0.4, -0.2) is 51.1 Å². The summed E-state index contributed by atoms with van der Waals surface area (Å²) in [5.41, 5.74) is 0.987. The predicted octanol–water partition coefficient (Wildman–Crippen LogP) is 2.69. The molecule has 140 valence electrons. The number of hydrogen-bond acceptors (Lipinski definition) is 6. The summed E-state index contributed by atoms with van der Waals surface area (Å²) in [6.45, 7) is 0. The molecule has 0 unspecified atom stereocenters. The molecular formula is C18H18N4O4S. The first-order valence-corrected chi connectivity index (χ1v) is 9.39. The van der Waals surface area contributed by atoms with Crippen LogP contribution in [0.1, 0.15) is 0 Å². The zero-order chi connectivity index (χ0) is 19.4. The zero-order valence-electron chi connectivity index (χ0n) is 15.0. The highest BCUT2D eigenvalue weighted by Crippen LogP contribution is 2.30. The first-order valence-electron chi connectivity index (χ1n) is 7.95. The monoisotopic (exact) mass is 386 g/mol. The van der Waals surface area contributed by atoms with Crippen LogP contribution >= 0.6 is 0 Å². The Hall–Kier alpha value is -3.20. The quantitative estimate of drug-likeness (QED) is 0.474. The second-order valence-corrected chi connectivity index (χ2v) is 7.40. The maximum absolute atomic E-state index is 12.5. The normalized spacial score (nSPS) is 11.7. The van der Waals surface area contributed by atoms with Gasteiger partial charge in [0.25, 0.3) is 10.0 Å². The molecule has 0 radical (unpaired) electrons. The zero-order valence-corrected chi connectivity index (χ0v) is 15.8. The molecule has 1 heterocycles. The molecule has 9 heteroatoms. The molecule has 0 fully saturated rings. The Balaban J connectivity index is 2.00. The van der Waals surface area contributed by atoms with E-state index in [0.29, 0.717) is 16.9 Å². The number of methoxy groups -OCH3 is 1. The molecule has 3 aromatic rings. The lowest BCUT2D eigenvalue weighted by molar-refractivity contribution is 0.415. The molecule has 0 amide bonds. The van der Waals surface area contributed by atoms with Gasteiger partial charge in [-0.05, 0) is 36.4 Å². The standard InChI is InChI=1S/C18H18N4O4S/c1-22(2)12-19-27(23,24)16-7-5-4-6-15(16)18-21-20-17(26-18)13-8-10-14(25-3)11-9-13/h4-12H,1-3H3. The minimum atomic E-state index is -3.92. The molecule has 0 aliphatic rings. The fraction of sp³-hybridized carbons (Fsp3) is 0.167. The lowest BCUT2D eigenvalue weighted by Gasteiger charge is -2.06. The Bertz CT molecular complexity index is 1060. The Morgan fingerprint density at radius 3 is 2.37 bits per heavy atom. The maximum atomic E-state index is 12.5. The summed E-state index contributed by atoms with van der Waals surface area (Å²) in [4.78, 5) is 1.53. The first kappa shape index (κ1) is 18.6. The van der Waals surface area contributed by atoms with Gasteiger partial charge in [-0.15, -0.1) is 14.6 Å². The van der Waals surface area contributed by atoms with Crippen LogP contribution < -0.4 is 4.74 Å². The lowest BCUT2D eigenvalue weighted by atomic mass is 10.2. The first-order chi connectivity index (χ1) is 12.9. The number of ether oxygens (including phenoxy) is 1. The van der Waals surface area contributed by atoms with Crippen LogP contribution in [0.25, 0.3) is 22.9 Å². The highest BCUT2D eigenvalue weighted by atomic mass is 32.2. The van der Waals surface area contributed by atoms with Gasteiger partial charge < -0.3 is 14.1 Å². The second-order valence-electron chi connectivity index (χ2n) is 5.80. The minimum Gasteiger partial charge on any atom is -0.497 e. The molecule has 0 saturated carbocycles. The summed E-state index contributed by atoms with van der Waals surface area (Å²) in [5.74, 6) is 1.07. The van der Waals surface area contributed by atoms with Gasteiger partial charge in [0, 0.05) is 19.7 Å². The number of benzene rings is 2. The second kappa shape index (κ2) is 7.58. The maximum Gasteiger partial charge on any atom is 0.284 e. The van der Waals surface area contributed by atoms with Crippen LogP contribution in [0.2, 0.25) is 0 Å². The summed E-state index contributed by atoms with van der Waals surface area (Å²) >= 11 is 0. The molecule has 2 aromatic carbocycles. The van der Waals surface area contributed by atoms with Crippen molar-refractivity contribution in [3.8, 4) is 28.7 Å². The highest BCUT2D eigenvalue weighted by molar-refractivity contribution is 7.90. The molecular weight excluding hydrogens is 368 g/mol. The number of sulfonamides is 1. The molecule has 0 N–H and O–H groups in total. The number of aromatic nitrogens is 2. The molecule has 0 atom stereocenters. The molecule has 27 heavy (non-hydrogen) atoms. The smallest absolute Gasteiger partial charge is 0.284 e. The van der Waals surface area contributed by atoms with E-state index in [4.69, 9.17) is 9.15 Å². The Morgan fingerprint density at radius 2 is 1.70 bits per heavy atom. The van der Waals surface area contributed by atoms with Crippen LogP contribution in [0, 0.1) is 0 Å². The van der Waals surface area contributed by atoms with Gasteiger partial charge in [0.05, 0.1) is 12.7 Å². The molecule has 0 bridgehead atoms. The van der Waals surface area contributed by atoms with Crippen molar-refractivity contribution in [1.29, 1.82) is 0 Å². The molecule has 0 saturated heterocycles. The lowest BCUT2D eigenvalue weighted by Crippen LogP contribution is -2.10. The van der Waals surface area contributed by atoms with E-state index < -0.39 is 10.0 Å². The molecule has 8 nitrogen and oxygen atoms in total. The molecule has 1 aromatic heterocycles.